The minimum absolute atomic E-state index is 0.143. The molecule has 2 rings (SSSR count). The van der Waals surface area contributed by atoms with E-state index in [1.807, 2.05) is 13.0 Å². The number of halogens is 1. The molecule has 0 radical (unpaired) electrons. The smallest absolute Gasteiger partial charge is 0.123 e. The molecule has 0 heterocycles. The molecule has 2 heteroatoms. The zero-order valence-corrected chi connectivity index (χ0v) is 9.93. The van der Waals surface area contributed by atoms with Crippen molar-refractivity contribution in [3.05, 3.63) is 35.1 Å². The summed E-state index contributed by atoms with van der Waals surface area (Å²) in [6, 6.07) is 5.01. The van der Waals surface area contributed by atoms with Crippen LogP contribution < -0.4 is 5.32 Å². The second kappa shape index (κ2) is 5.44. The topological polar surface area (TPSA) is 12.0 Å². The maximum atomic E-state index is 12.9. The van der Waals surface area contributed by atoms with Gasteiger partial charge in [0.25, 0.3) is 0 Å². The first-order valence-electron chi connectivity index (χ1n) is 6.21. The van der Waals surface area contributed by atoms with Crippen LogP contribution in [0.4, 0.5) is 4.39 Å². The first-order chi connectivity index (χ1) is 7.75. The molecule has 0 amide bonds. The Balaban J connectivity index is 1.71. The predicted octanol–water partition coefficient (Wildman–Crippen LogP) is 3.41. The monoisotopic (exact) mass is 221 g/mol. The summed E-state index contributed by atoms with van der Waals surface area (Å²) in [6.45, 7) is 3.91. The SMILES string of the molecule is Cc1cc(F)ccc1CNCCC1CCC1. The van der Waals surface area contributed by atoms with Crippen molar-refractivity contribution >= 4 is 0 Å². The van der Waals surface area contributed by atoms with Crippen LogP contribution in [-0.4, -0.2) is 6.54 Å². The van der Waals surface area contributed by atoms with E-state index in [9.17, 15) is 4.39 Å². The third-order valence-corrected chi connectivity index (χ3v) is 3.57. The number of hydrogen-bond donors (Lipinski definition) is 1. The number of hydrogen-bond acceptors (Lipinski definition) is 1. The minimum atomic E-state index is -0.143. The first kappa shape index (κ1) is 11.6. The second-order valence-corrected chi connectivity index (χ2v) is 4.83. The van der Waals surface area contributed by atoms with Gasteiger partial charge in [0.05, 0.1) is 0 Å². The highest BCUT2D eigenvalue weighted by Crippen LogP contribution is 2.28. The molecule has 1 nitrogen and oxygen atoms in total. The van der Waals surface area contributed by atoms with Gasteiger partial charge in [-0.15, -0.1) is 0 Å². The van der Waals surface area contributed by atoms with Crippen molar-refractivity contribution in [1.29, 1.82) is 0 Å². The van der Waals surface area contributed by atoms with Crippen molar-refractivity contribution in [2.75, 3.05) is 6.54 Å². The van der Waals surface area contributed by atoms with Crippen LogP contribution in [0.1, 0.15) is 36.8 Å². The van der Waals surface area contributed by atoms with Crippen molar-refractivity contribution in [3.8, 4) is 0 Å². The van der Waals surface area contributed by atoms with E-state index in [1.54, 1.807) is 6.07 Å². The Labute approximate surface area is 97.1 Å². The molecule has 1 fully saturated rings. The van der Waals surface area contributed by atoms with E-state index in [1.165, 1.54) is 37.3 Å². The van der Waals surface area contributed by atoms with Gasteiger partial charge in [0.15, 0.2) is 0 Å². The van der Waals surface area contributed by atoms with Crippen LogP contribution in [0.5, 0.6) is 0 Å². The van der Waals surface area contributed by atoms with Crippen LogP contribution in [0.15, 0.2) is 18.2 Å². The third kappa shape index (κ3) is 3.05. The van der Waals surface area contributed by atoms with Gasteiger partial charge in [-0.25, -0.2) is 4.39 Å². The highest BCUT2D eigenvalue weighted by molar-refractivity contribution is 5.26. The Kier molecular flexibility index (Phi) is 3.94. The molecule has 0 aromatic heterocycles. The average molecular weight is 221 g/mol. The summed E-state index contributed by atoms with van der Waals surface area (Å²) in [6.07, 6.45) is 5.54. The lowest BCUT2D eigenvalue weighted by Crippen LogP contribution is -2.21. The average Bonchev–Trinajstić information content (AvgIpc) is 2.18. The van der Waals surface area contributed by atoms with Crippen LogP contribution in [-0.2, 0) is 6.54 Å². The Morgan fingerprint density at radius 2 is 2.19 bits per heavy atom. The molecule has 0 atom stereocenters. The van der Waals surface area contributed by atoms with Crippen molar-refractivity contribution in [3.63, 3.8) is 0 Å². The second-order valence-electron chi connectivity index (χ2n) is 4.83. The van der Waals surface area contributed by atoms with Crippen molar-refractivity contribution < 1.29 is 4.39 Å². The van der Waals surface area contributed by atoms with Gasteiger partial charge in [-0.3, -0.25) is 0 Å². The van der Waals surface area contributed by atoms with Gasteiger partial charge in [0.1, 0.15) is 5.82 Å². The fourth-order valence-electron chi connectivity index (χ4n) is 2.17. The molecule has 1 saturated carbocycles. The van der Waals surface area contributed by atoms with E-state index in [0.717, 1.165) is 24.6 Å². The molecule has 1 aliphatic rings. The Morgan fingerprint density at radius 3 is 2.81 bits per heavy atom. The van der Waals surface area contributed by atoms with Crippen LogP contribution in [0.2, 0.25) is 0 Å². The Hall–Kier alpha value is -0.890. The van der Waals surface area contributed by atoms with E-state index in [0.29, 0.717) is 0 Å². The van der Waals surface area contributed by atoms with E-state index in [4.69, 9.17) is 0 Å². The van der Waals surface area contributed by atoms with E-state index < -0.39 is 0 Å². The van der Waals surface area contributed by atoms with Crippen molar-refractivity contribution in [2.24, 2.45) is 5.92 Å². The molecule has 0 unspecified atom stereocenters. The number of benzene rings is 1. The molecule has 0 saturated heterocycles. The zero-order chi connectivity index (χ0) is 11.4. The molecular formula is C14H20FN. The van der Waals surface area contributed by atoms with Gasteiger partial charge in [-0.05, 0) is 49.1 Å². The largest absolute Gasteiger partial charge is 0.313 e. The van der Waals surface area contributed by atoms with Gasteiger partial charge in [-0.2, -0.15) is 0 Å². The summed E-state index contributed by atoms with van der Waals surface area (Å²) < 4.78 is 12.9. The summed E-state index contributed by atoms with van der Waals surface area (Å²) in [5, 5.41) is 3.44. The van der Waals surface area contributed by atoms with E-state index in [2.05, 4.69) is 5.32 Å². The van der Waals surface area contributed by atoms with Crippen LogP contribution in [0.25, 0.3) is 0 Å². The summed E-state index contributed by atoms with van der Waals surface area (Å²) in [4.78, 5) is 0. The number of nitrogens with one attached hydrogen (secondary N) is 1. The lowest BCUT2D eigenvalue weighted by molar-refractivity contribution is 0.292. The molecule has 1 aromatic rings. The summed E-state index contributed by atoms with van der Waals surface area (Å²) in [7, 11) is 0. The minimum Gasteiger partial charge on any atom is -0.313 e. The third-order valence-electron chi connectivity index (χ3n) is 3.57. The summed E-state index contributed by atoms with van der Waals surface area (Å²) >= 11 is 0. The summed E-state index contributed by atoms with van der Waals surface area (Å²) in [5.74, 6) is 0.817. The Bertz CT molecular complexity index is 345. The normalized spacial score (nSPS) is 16.1. The van der Waals surface area contributed by atoms with Gasteiger partial charge >= 0.3 is 0 Å². The van der Waals surface area contributed by atoms with Gasteiger partial charge in [-0.1, -0.05) is 25.3 Å². The van der Waals surface area contributed by atoms with Gasteiger partial charge in [0.2, 0.25) is 0 Å². The van der Waals surface area contributed by atoms with Crippen molar-refractivity contribution in [1.82, 2.24) is 5.32 Å². The molecule has 0 aliphatic heterocycles. The fourth-order valence-corrected chi connectivity index (χ4v) is 2.17. The van der Waals surface area contributed by atoms with E-state index >= 15 is 0 Å². The zero-order valence-electron chi connectivity index (χ0n) is 9.93. The Morgan fingerprint density at radius 1 is 1.38 bits per heavy atom. The molecule has 16 heavy (non-hydrogen) atoms. The first-order valence-corrected chi connectivity index (χ1v) is 6.21. The molecule has 1 aliphatic carbocycles. The van der Waals surface area contributed by atoms with E-state index in [-0.39, 0.29) is 5.82 Å². The van der Waals surface area contributed by atoms with Gasteiger partial charge in [0, 0.05) is 6.54 Å². The fraction of sp³-hybridized carbons (Fsp3) is 0.571. The quantitative estimate of drug-likeness (QED) is 0.751. The molecule has 0 spiro atoms. The number of rotatable bonds is 5. The standard InChI is InChI=1S/C14H20FN/c1-11-9-14(15)6-5-13(11)10-16-8-7-12-3-2-4-12/h5-6,9,12,16H,2-4,7-8,10H2,1H3. The maximum Gasteiger partial charge on any atom is 0.123 e. The number of aryl methyl sites for hydroxylation is 1. The van der Waals surface area contributed by atoms with Crippen LogP contribution in [0.3, 0.4) is 0 Å². The van der Waals surface area contributed by atoms with Crippen LogP contribution in [0, 0.1) is 18.7 Å². The van der Waals surface area contributed by atoms with Crippen molar-refractivity contribution in [2.45, 2.75) is 39.2 Å². The molecule has 1 N–H and O–H groups in total. The maximum absolute atomic E-state index is 12.9. The van der Waals surface area contributed by atoms with Crippen LogP contribution >= 0.6 is 0 Å². The highest BCUT2D eigenvalue weighted by atomic mass is 19.1. The summed E-state index contributed by atoms with van der Waals surface area (Å²) in [5.41, 5.74) is 2.24. The molecular weight excluding hydrogens is 201 g/mol. The highest BCUT2D eigenvalue weighted by Gasteiger charge is 2.16. The van der Waals surface area contributed by atoms with Gasteiger partial charge < -0.3 is 5.32 Å². The predicted molar refractivity (Wildman–Crippen MR) is 64.8 cm³/mol. The lowest BCUT2D eigenvalue weighted by Gasteiger charge is -2.25. The molecule has 0 bridgehead atoms. The molecule has 88 valence electrons. The lowest BCUT2D eigenvalue weighted by atomic mass is 9.83. The molecule has 1 aromatic carbocycles.